The molecule has 3 nitrogen and oxygen atoms in total. The third-order valence-electron chi connectivity index (χ3n) is 3.19. The zero-order valence-electron chi connectivity index (χ0n) is 10.2. The molecule has 4 heteroatoms. The maximum absolute atomic E-state index is 13.3. The fraction of sp³-hybridized carbons (Fsp3) is 0.133. The van der Waals surface area contributed by atoms with Crippen molar-refractivity contribution in [3.63, 3.8) is 0 Å². The molecule has 0 spiro atoms. The first-order valence-corrected chi connectivity index (χ1v) is 6.09. The second-order valence-corrected chi connectivity index (χ2v) is 4.40. The molecule has 0 fully saturated rings. The van der Waals surface area contributed by atoms with Crippen molar-refractivity contribution < 1.29 is 4.39 Å². The van der Waals surface area contributed by atoms with E-state index in [4.69, 9.17) is 5.26 Å². The first-order valence-electron chi connectivity index (χ1n) is 6.09. The summed E-state index contributed by atoms with van der Waals surface area (Å²) in [6, 6.07) is 14.1. The van der Waals surface area contributed by atoms with Crippen LogP contribution in [0.15, 0.2) is 42.5 Å². The molecule has 0 saturated heterocycles. The molecule has 94 valence electrons. The summed E-state index contributed by atoms with van der Waals surface area (Å²) in [7, 11) is 0. The Bertz CT molecular complexity index is 661. The van der Waals surface area contributed by atoms with Crippen molar-refractivity contribution in [1.29, 1.82) is 5.26 Å². The van der Waals surface area contributed by atoms with Crippen molar-refractivity contribution in [3.8, 4) is 6.07 Å². The average molecular weight is 253 g/mol. The number of halogens is 1. The number of nitrogens with one attached hydrogen (secondary N) is 1. The van der Waals surface area contributed by atoms with Crippen molar-refractivity contribution in [3.05, 3.63) is 53.8 Å². The Balaban J connectivity index is 2.09. The summed E-state index contributed by atoms with van der Waals surface area (Å²) in [5, 5.41) is 12.3. The standard InChI is InChI=1S/C15H12FN3/c16-12-2-1-3-13(9-12)19-7-6-18-14-5-4-11(10-17)8-15(14)19/h1-5,8-9,18H,6-7H2. The normalized spacial score (nSPS) is 13.4. The van der Waals surface area contributed by atoms with Gasteiger partial charge >= 0.3 is 0 Å². The van der Waals surface area contributed by atoms with Crippen LogP contribution >= 0.6 is 0 Å². The van der Waals surface area contributed by atoms with E-state index >= 15 is 0 Å². The van der Waals surface area contributed by atoms with Crippen LogP contribution in [0, 0.1) is 17.1 Å². The maximum Gasteiger partial charge on any atom is 0.125 e. The number of nitrogens with zero attached hydrogens (tertiary/aromatic N) is 2. The highest BCUT2D eigenvalue weighted by Gasteiger charge is 2.18. The van der Waals surface area contributed by atoms with E-state index in [1.807, 2.05) is 23.1 Å². The van der Waals surface area contributed by atoms with Crippen LogP contribution in [0.1, 0.15) is 5.56 Å². The summed E-state index contributed by atoms with van der Waals surface area (Å²) < 4.78 is 13.3. The van der Waals surface area contributed by atoms with Gasteiger partial charge in [0.25, 0.3) is 0 Å². The Labute approximate surface area is 110 Å². The molecule has 19 heavy (non-hydrogen) atoms. The number of benzene rings is 2. The summed E-state index contributed by atoms with van der Waals surface area (Å²) in [5.74, 6) is -0.256. The summed E-state index contributed by atoms with van der Waals surface area (Å²) in [5.41, 5.74) is 3.28. The third-order valence-corrected chi connectivity index (χ3v) is 3.19. The first kappa shape index (κ1) is 11.5. The molecule has 2 aromatic carbocycles. The lowest BCUT2D eigenvalue weighted by Crippen LogP contribution is -2.30. The third kappa shape index (κ3) is 2.11. The smallest absolute Gasteiger partial charge is 0.125 e. The van der Waals surface area contributed by atoms with E-state index in [0.29, 0.717) is 5.56 Å². The lowest BCUT2D eigenvalue weighted by molar-refractivity contribution is 0.627. The second kappa shape index (κ2) is 4.62. The highest BCUT2D eigenvalue weighted by Crippen LogP contribution is 2.35. The predicted molar refractivity (Wildman–Crippen MR) is 73.1 cm³/mol. The van der Waals surface area contributed by atoms with Gasteiger partial charge in [-0.2, -0.15) is 5.26 Å². The van der Waals surface area contributed by atoms with Crippen molar-refractivity contribution in [2.75, 3.05) is 23.3 Å². The highest BCUT2D eigenvalue weighted by atomic mass is 19.1. The molecule has 0 atom stereocenters. The number of anilines is 3. The van der Waals surface area contributed by atoms with E-state index in [0.717, 1.165) is 30.2 Å². The van der Waals surface area contributed by atoms with E-state index in [1.165, 1.54) is 12.1 Å². The summed E-state index contributed by atoms with van der Waals surface area (Å²) in [4.78, 5) is 2.02. The minimum atomic E-state index is -0.256. The molecule has 1 heterocycles. The maximum atomic E-state index is 13.3. The molecule has 1 aliphatic rings. The fourth-order valence-corrected chi connectivity index (χ4v) is 2.31. The summed E-state index contributed by atoms with van der Waals surface area (Å²) >= 11 is 0. The molecule has 0 radical (unpaired) electrons. The Kier molecular flexibility index (Phi) is 2.81. The molecule has 1 N–H and O–H groups in total. The number of nitriles is 1. The van der Waals surface area contributed by atoms with Gasteiger partial charge in [0.2, 0.25) is 0 Å². The monoisotopic (exact) mass is 253 g/mol. The molecule has 1 aliphatic heterocycles. The van der Waals surface area contributed by atoms with Gasteiger partial charge in [-0.25, -0.2) is 4.39 Å². The van der Waals surface area contributed by atoms with Gasteiger partial charge in [0, 0.05) is 18.8 Å². The lowest BCUT2D eigenvalue weighted by atomic mass is 10.1. The van der Waals surface area contributed by atoms with Crippen LogP contribution in [-0.2, 0) is 0 Å². The topological polar surface area (TPSA) is 39.1 Å². The van der Waals surface area contributed by atoms with E-state index in [9.17, 15) is 4.39 Å². The molecule has 0 amide bonds. The summed E-state index contributed by atoms with van der Waals surface area (Å²) in [6.07, 6.45) is 0. The molecular formula is C15H12FN3. The van der Waals surface area contributed by atoms with Crippen LogP contribution in [0.5, 0.6) is 0 Å². The average Bonchev–Trinajstić information content (AvgIpc) is 2.46. The highest BCUT2D eigenvalue weighted by molar-refractivity contribution is 5.79. The molecule has 0 saturated carbocycles. The minimum Gasteiger partial charge on any atom is -0.382 e. The molecule has 3 rings (SSSR count). The SMILES string of the molecule is N#Cc1ccc2c(c1)N(c1cccc(F)c1)CCN2. The Hall–Kier alpha value is -2.54. The van der Waals surface area contributed by atoms with Crippen molar-refractivity contribution >= 4 is 17.1 Å². The molecule has 0 bridgehead atoms. The molecule has 0 unspecified atom stereocenters. The Morgan fingerprint density at radius 1 is 1.21 bits per heavy atom. The molecule has 0 aliphatic carbocycles. The fourth-order valence-electron chi connectivity index (χ4n) is 2.31. The van der Waals surface area contributed by atoms with Gasteiger partial charge in [0.1, 0.15) is 5.82 Å². The van der Waals surface area contributed by atoms with Crippen LogP contribution in [-0.4, -0.2) is 13.1 Å². The Morgan fingerprint density at radius 3 is 2.89 bits per heavy atom. The molecule has 0 aromatic heterocycles. The van der Waals surface area contributed by atoms with E-state index in [2.05, 4.69) is 11.4 Å². The summed E-state index contributed by atoms with van der Waals surface area (Å²) in [6.45, 7) is 1.53. The second-order valence-electron chi connectivity index (χ2n) is 4.40. The van der Waals surface area contributed by atoms with Gasteiger partial charge in [-0.3, -0.25) is 0 Å². The zero-order chi connectivity index (χ0) is 13.2. The van der Waals surface area contributed by atoms with E-state index < -0.39 is 0 Å². The molecular weight excluding hydrogens is 241 g/mol. The zero-order valence-corrected chi connectivity index (χ0v) is 10.2. The number of rotatable bonds is 1. The van der Waals surface area contributed by atoms with Crippen LogP contribution < -0.4 is 10.2 Å². The van der Waals surface area contributed by atoms with Gasteiger partial charge in [0.15, 0.2) is 0 Å². The Morgan fingerprint density at radius 2 is 2.11 bits per heavy atom. The van der Waals surface area contributed by atoms with Crippen LogP contribution in [0.2, 0.25) is 0 Å². The van der Waals surface area contributed by atoms with E-state index in [-0.39, 0.29) is 5.82 Å². The minimum absolute atomic E-state index is 0.256. The van der Waals surface area contributed by atoms with Gasteiger partial charge in [0.05, 0.1) is 23.0 Å². The lowest BCUT2D eigenvalue weighted by Gasteiger charge is -2.32. The quantitative estimate of drug-likeness (QED) is 0.847. The van der Waals surface area contributed by atoms with Crippen LogP contribution in [0.4, 0.5) is 21.5 Å². The van der Waals surface area contributed by atoms with Crippen molar-refractivity contribution in [1.82, 2.24) is 0 Å². The molecule has 2 aromatic rings. The van der Waals surface area contributed by atoms with Crippen molar-refractivity contribution in [2.45, 2.75) is 0 Å². The van der Waals surface area contributed by atoms with Gasteiger partial charge in [-0.05, 0) is 36.4 Å². The van der Waals surface area contributed by atoms with Gasteiger partial charge in [-0.15, -0.1) is 0 Å². The van der Waals surface area contributed by atoms with Crippen LogP contribution in [0.25, 0.3) is 0 Å². The van der Waals surface area contributed by atoms with Crippen molar-refractivity contribution in [2.24, 2.45) is 0 Å². The predicted octanol–water partition coefficient (Wildman–Crippen LogP) is 3.26. The number of hydrogen-bond acceptors (Lipinski definition) is 3. The largest absolute Gasteiger partial charge is 0.382 e. The van der Waals surface area contributed by atoms with Gasteiger partial charge in [-0.1, -0.05) is 6.07 Å². The number of fused-ring (bicyclic) bond motifs is 1. The first-order chi connectivity index (χ1) is 9.28. The number of hydrogen-bond donors (Lipinski definition) is 1. The van der Waals surface area contributed by atoms with Crippen LogP contribution in [0.3, 0.4) is 0 Å². The van der Waals surface area contributed by atoms with E-state index in [1.54, 1.807) is 12.1 Å². The van der Waals surface area contributed by atoms with Gasteiger partial charge < -0.3 is 10.2 Å².